The van der Waals surface area contributed by atoms with Crippen molar-refractivity contribution in [2.75, 3.05) is 6.54 Å². The molecule has 116 valence electrons. The third-order valence-corrected chi connectivity index (χ3v) is 4.53. The van der Waals surface area contributed by atoms with E-state index in [4.69, 9.17) is 5.11 Å². The van der Waals surface area contributed by atoms with Gasteiger partial charge in [0.15, 0.2) is 0 Å². The van der Waals surface area contributed by atoms with Gasteiger partial charge in [0, 0.05) is 24.8 Å². The van der Waals surface area contributed by atoms with Crippen molar-refractivity contribution >= 4 is 11.9 Å². The quantitative estimate of drug-likeness (QED) is 0.854. The van der Waals surface area contributed by atoms with Crippen LogP contribution in [0.15, 0.2) is 0 Å². The van der Waals surface area contributed by atoms with Crippen LogP contribution in [0.25, 0.3) is 0 Å². The van der Waals surface area contributed by atoms with Crippen molar-refractivity contribution in [3.05, 3.63) is 17.0 Å². The molecule has 0 aliphatic heterocycles. The van der Waals surface area contributed by atoms with Gasteiger partial charge in [0.25, 0.3) is 0 Å². The minimum absolute atomic E-state index is 0.0579. The average Bonchev–Trinajstić information content (AvgIpc) is 2.97. The maximum atomic E-state index is 12.1. The maximum Gasteiger partial charge on any atom is 0.306 e. The van der Waals surface area contributed by atoms with Crippen LogP contribution in [0.1, 0.15) is 36.2 Å². The van der Waals surface area contributed by atoms with Gasteiger partial charge in [-0.1, -0.05) is 6.42 Å². The standard InChI is InChI=1S/C15H23N3O3/c1-9-13(10(2)18(3)17-9)7-14(19)16-8-11-5-4-6-12(11)15(20)21/h11-12H,4-8H2,1-3H3,(H,16,19)(H,20,21). The number of nitrogens with zero attached hydrogens (tertiary/aromatic N) is 2. The molecule has 21 heavy (non-hydrogen) atoms. The van der Waals surface area contributed by atoms with Gasteiger partial charge in [0.1, 0.15) is 0 Å². The van der Waals surface area contributed by atoms with Crippen LogP contribution in [-0.4, -0.2) is 33.3 Å². The number of amides is 1. The van der Waals surface area contributed by atoms with E-state index in [-0.39, 0.29) is 17.7 Å². The molecule has 6 heteroatoms. The van der Waals surface area contributed by atoms with Crippen LogP contribution in [0.2, 0.25) is 0 Å². The van der Waals surface area contributed by atoms with Crippen LogP contribution in [0.4, 0.5) is 0 Å². The molecule has 6 nitrogen and oxygen atoms in total. The highest BCUT2D eigenvalue weighted by Gasteiger charge is 2.32. The first-order chi connectivity index (χ1) is 9.90. The Morgan fingerprint density at radius 3 is 2.67 bits per heavy atom. The zero-order valence-electron chi connectivity index (χ0n) is 12.8. The molecule has 1 saturated carbocycles. The van der Waals surface area contributed by atoms with Gasteiger partial charge in [-0.3, -0.25) is 14.3 Å². The second-order valence-electron chi connectivity index (χ2n) is 5.89. The Labute approximate surface area is 124 Å². The van der Waals surface area contributed by atoms with Gasteiger partial charge >= 0.3 is 5.97 Å². The van der Waals surface area contributed by atoms with Crippen molar-refractivity contribution in [3.63, 3.8) is 0 Å². The van der Waals surface area contributed by atoms with Gasteiger partial charge in [0.2, 0.25) is 5.91 Å². The van der Waals surface area contributed by atoms with E-state index in [9.17, 15) is 9.59 Å². The van der Waals surface area contributed by atoms with Gasteiger partial charge in [-0.2, -0.15) is 5.10 Å². The monoisotopic (exact) mass is 293 g/mol. The molecule has 0 radical (unpaired) electrons. The van der Waals surface area contributed by atoms with Gasteiger partial charge in [0.05, 0.1) is 18.0 Å². The SMILES string of the molecule is Cc1nn(C)c(C)c1CC(=O)NCC1CCCC1C(=O)O. The fourth-order valence-electron chi connectivity index (χ4n) is 3.15. The summed E-state index contributed by atoms with van der Waals surface area (Å²) in [6, 6.07) is 0. The first-order valence-electron chi connectivity index (χ1n) is 7.38. The van der Waals surface area contributed by atoms with E-state index in [1.807, 2.05) is 20.9 Å². The minimum Gasteiger partial charge on any atom is -0.481 e. The van der Waals surface area contributed by atoms with Crippen molar-refractivity contribution in [2.24, 2.45) is 18.9 Å². The van der Waals surface area contributed by atoms with Crippen molar-refractivity contribution in [3.8, 4) is 0 Å². The summed E-state index contributed by atoms with van der Waals surface area (Å²) in [6.07, 6.45) is 2.83. The third-order valence-electron chi connectivity index (χ3n) is 4.53. The number of carboxylic acids is 1. The lowest BCUT2D eigenvalue weighted by molar-refractivity contribution is -0.143. The van der Waals surface area contributed by atoms with E-state index in [2.05, 4.69) is 10.4 Å². The van der Waals surface area contributed by atoms with Gasteiger partial charge in [-0.15, -0.1) is 0 Å². The number of rotatable bonds is 5. The highest BCUT2D eigenvalue weighted by molar-refractivity contribution is 5.79. The zero-order valence-corrected chi connectivity index (χ0v) is 12.8. The molecule has 1 amide bonds. The van der Waals surface area contributed by atoms with Crippen LogP contribution < -0.4 is 5.32 Å². The Balaban J connectivity index is 1.89. The summed E-state index contributed by atoms with van der Waals surface area (Å²) in [7, 11) is 1.86. The Kier molecular flexibility index (Phi) is 4.65. The predicted octanol–water partition coefficient (Wildman–Crippen LogP) is 1.20. The molecular weight excluding hydrogens is 270 g/mol. The van der Waals surface area contributed by atoms with Crippen molar-refractivity contribution in [1.29, 1.82) is 0 Å². The summed E-state index contributed by atoms with van der Waals surface area (Å²) >= 11 is 0. The molecule has 1 aliphatic carbocycles. The number of hydrogen-bond acceptors (Lipinski definition) is 3. The maximum absolute atomic E-state index is 12.1. The fourth-order valence-corrected chi connectivity index (χ4v) is 3.15. The Hall–Kier alpha value is -1.85. The first kappa shape index (κ1) is 15.5. The normalized spacial score (nSPS) is 21.5. The number of hydrogen-bond donors (Lipinski definition) is 2. The number of aryl methyl sites for hydroxylation is 2. The number of aromatic nitrogens is 2. The molecule has 1 aliphatic rings. The summed E-state index contributed by atoms with van der Waals surface area (Å²) in [5, 5.41) is 16.3. The van der Waals surface area contributed by atoms with E-state index >= 15 is 0 Å². The third kappa shape index (κ3) is 3.43. The molecule has 1 aromatic heterocycles. The van der Waals surface area contributed by atoms with Crippen LogP contribution in [-0.2, 0) is 23.1 Å². The van der Waals surface area contributed by atoms with Gasteiger partial charge in [-0.25, -0.2) is 0 Å². The Bertz CT molecular complexity index is 551. The Morgan fingerprint density at radius 2 is 2.10 bits per heavy atom. The second-order valence-corrected chi connectivity index (χ2v) is 5.89. The van der Waals surface area contributed by atoms with Crippen molar-refractivity contribution < 1.29 is 14.7 Å². The highest BCUT2D eigenvalue weighted by atomic mass is 16.4. The summed E-state index contributed by atoms with van der Waals surface area (Å²) in [5.74, 6) is -1.06. The molecule has 2 atom stereocenters. The smallest absolute Gasteiger partial charge is 0.306 e. The van der Waals surface area contributed by atoms with Crippen LogP contribution in [0.5, 0.6) is 0 Å². The topological polar surface area (TPSA) is 84.2 Å². The summed E-state index contributed by atoms with van der Waals surface area (Å²) in [4.78, 5) is 23.2. The van der Waals surface area contributed by atoms with Gasteiger partial charge < -0.3 is 10.4 Å². The average molecular weight is 293 g/mol. The van der Waals surface area contributed by atoms with E-state index in [1.54, 1.807) is 4.68 Å². The molecule has 0 saturated heterocycles. The lowest BCUT2D eigenvalue weighted by Gasteiger charge is -2.16. The zero-order chi connectivity index (χ0) is 15.6. The van der Waals surface area contributed by atoms with Crippen LogP contribution >= 0.6 is 0 Å². The molecule has 0 spiro atoms. The number of nitrogens with one attached hydrogen (secondary N) is 1. The summed E-state index contributed by atoms with van der Waals surface area (Å²) < 4.78 is 1.77. The van der Waals surface area contributed by atoms with E-state index in [1.165, 1.54) is 0 Å². The number of carbonyl (C=O) groups is 2. The molecule has 1 aromatic rings. The van der Waals surface area contributed by atoms with Crippen LogP contribution in [0, 0.1) is 25.7 Å². The minimum atomic E-state index is -0.745. The van der Waals surface area contributed by atoms with Crippen molar-refractivity contribution in [1.82, 2.24) is 15.1 Å². The lowest BCUT2D eigenvalue weighted by atomic mass is 9.96. The molecule has 0 bridgehead atoms. The van der Waals surface area contributed by atoms with E-state index < -0.39 is 5.97 Å². The number of carboxylic acid groups (broad SMARTS) is 1. The molecular formula is C15H23N3O3. The van der Waals surface area contributed by atoms with Crippen molar-refractivity contribution in [2.45, 2.75) is 39.5 Å². The lowest BCUT2D eigenvalue weighted by Crippen LogP contribution is -2.34. The predicted molar refractivity (Wildman–Crippen MR) is 77.9 cm³/mol. The van der Waals surface area contributed by atoms with Crippen LogP contribution in [0.3, 0.4) is 0 Å². The molecule has 2 unspecified atom stereocenters. The fraction of sp³-hybridized carbons (Fsp3) is 0.667. The molecule has 1 fully saturated rings. The number of carbonyl (C=O) groups excluding carboxylic acids is 1. The highest BCUT2D eigenvalue weighted by Crippen LogP contribution is 2.31. The van der Waals surface area contributed by atoms with E-state index in [0.717, 1.165) is 36.2 Å². The van der Waals surface area contributed by atoms with Gasteiger partial charge in [-0.05, 0) is 32.6 Å². The molecule has 2 rings (SSSR count). The summed E-state index contributed by atoms with van der Waals surface area (Å²) in [5.41, 5.74) is 2.82. The first-order valence-corrected chi connectivity index (χ1v) is 7.38. The molecule has 1 heterocycles. The summed E-state index contributed by atoms with van der Waals surface area (Å²) in [6.45, 7) is 4.29. The van der Waals surface area contributed by atoms with E-state index in [0.29, 0.717) is 13.0 Å². The number of aliphatic carboxylic acids is 1. The Morgan fingerprint density at radius 1 is 1.38 bits per heavy atom. The second kappa shape index (κ2) is 6.28. The molecule has 2 N–H and O–H groups in total. The molecule has 0 aromatic carbocycles. The largest absolute Gasteiger partial charge is 0.481 e.